The second kappa shape index (κ2) is 6.79. The summed E-state index contributed by atoms with van der Waals surface area (Å²) in [5.74, 6) is 0. The molecule has 0 aliphatic rings. The third kappa shape index (κ3) is 3.22. The van der Waals surface area contributed by atoms with E-state index in [-0.39, 0.29) is 4.90 Å². The van der Waals surface area contributed by atoms with Gasteiger partial charge in [-0.2, -0.15) is 0 Å². The number of likely N-dealkylation sites (N-methyl/N-ethyl adjacent to an activating group) is 1. The molecule has 0 bridgehead atoms. The van der Waals surface area contributed by atoms with Crippen LogP contribution >= 0.6 is 0 Å². The van der Waals surface area contributed by atoms with Crippen LogP contribution in [0.25, 0.3) is 21.8 Å². The van der Waals surface area contributed by atoms with E-state index in [1.54, 1.807) is 24.5 Å². The summed E-state index contributed by atoms with van der Waals surface area (Å²) in [5, 5.41) is 2.79. The van der Waals surface area contributed by atoms with Gasteiger partial charge in [-0.15, -0.1) is 0 Å². The van der Waals surface area contributed by atoms with Crippen LogP contribution in [0.1, 0.15) is 5.56 Å². The highest BCUT2D eigenvalue weighted by atomic mass is 32.2. The van der Waals surface area contributed by atoms with Crippen LogP contribution in [0.4, 0.5) is 0 Å². The lowest BCUT2D eigenvalue weighted by atomic mass is 10.1. The Morgan fingerprint density at radius 2 is 1.78 bits per heavy atom. The molecule has 2 heterocycles. The quantitative estimate of drug-likeness (QED) is 0.532. The second-order valence-electron chi connectivity index (χ2n) is 6.89. The Balaban J connectivity index is 1.86. The van der Waals surface area contributed by atoms with E-state index >= 15 is 0 Å². The smallest absolute Gasteiger partial charge is 0.269 e. The van der Waals surface area contributed by atoms with Gasteiger partial charge in [-0.25, -0.2) is 17.4 Å². The molecule has 0 radical (unpaired) electrons. The first-order valence-electron chi connectivity index (χ1n) is 8.81. The zero-order valence-electron chi connectivity index (χ0n) is 15.3. The van der Waals surface area contributed by atoms with Gasteiger partial charge in [-0.3, -0.25) is 0 Å². The molecule has 0 amide bonds. The van der Waals surface area contributed by atoms with Gasteiger partial charge in [0.1, 0.15) is 0 Å². The number of fused-ring (bicyclic) bond motifs is 2. The summed E-state index contributed by atoms with van der Waals surface area (Å²) >= 11 is 0. The summed E-state index contributed by atoms with van der Waals surface area (Å²) in [4.78, 5) is 6.70. The van der Waals surface area contributed by atoms with Crippen molar-refractivity contribution in [2.75, 3.05) is 20.6 Å². The number of hydrogen-bond donors (Lipinski definition) is 0. The third-order valence-corrected chi connectivity index (χ3v) is 6.37. The topological polar surface area (TPSA) is 55.2 Å². The van der Waals surface area contributed by atoms with Crippen molar-refractivity contribution in [2.24, 2.45) is 0 Å². The van der Waals surface area contributed by atoms with Crippen molar-refractivity contribution in [2.45, 2.75) is 11.3 Å². The molecule has 4 rings (SSSR count). The summed E-state index contributed by atoms with van der Waals surface area (Å²) in [6.07, 6.45) is 4.10. The fourth-order valence-corrected chi connectivity index (χ4v) is 4.65. The Kier molecular flexibility index (Phi) is 4.45. The fourth-order valence-electron chi connectivity index (χ4n) is 3.26. The Labute approximate surface area is 158 Å². The van der Waals surface area contributed by atoms with Crippen LogP contribution in [-0.4, -0.2) is 42.9 Å². The van der Waals surface area contributed by atoms with Gasteiger partial charge in [0.05, 0.1) is 4.90 Å². The van der Waals surface area contributed by atoms with Crippen LogP contribution in [0.5, 0.6) is 0 Å². The first kappa shape index (κ1) is 17.7. The molecule has 0 unspecified atom stereocenters. The highest BCUT2D eigenvalue weighted by Crippen LogP contribution is 2.26. The van der Waals surface area contributed by atoms with Crippen LogP contribution in [0.2, 0.25) is 0 Å². The average Bonchev–Trinajstić information content (AvgIpc) is 3.05. The van der Waals surface area contributed by atoms with Crippen molar-refractivity contribution in [3.05, 3.63) is 72.6 Å². The summed E-state index contributed by atoms with van der Waals surface area (Å²) in [6, 6.07) is 16.7. The molecular formula is C21H21N3O2S. The molecule has 0 aliphatic heterocycles. The highest BCUT2D eigenvalue weighted by molar-refractivity contribution is 7.90. The Morgan fingerprint density at radius 3 is 2.56 bits per heavy atom. The van der Waals surface area contributed by atoms with E-state index in [2.05, 4.69) is 9.88 Å². The normalized spacial score (nSPS) is 12.3. The summed E-state index contributed by atoms with van der Waals surface area (Å²) in [7, 11) is 0.272. The molecule has 27 heavy (non-hydrogen) atoms. The molecule has 2 aromatic heterocycles. The van der Waals surface area contributed by atoms with Crippen molar-refractivity contribution in [1.29, 1.82) is 0 Å². The van der Waals surface area contributed by atoms with Crippen molar-refractivity contribution >= 4 is 31.8 Å². The molecular weight excluding hydrogens is 358 g/mol. The van der Waals surface area contributed by atoms with E-state index in [1.165, 1.54) is 3.97 Å². The summed E-state index contributed by atoms with van der Waals surface area (Å²) in [6.45, 7) is 0.837. The Bertz CT molecular complexity index is 1230. The molecule has 0 aliphatic carbocycles. The number of rotatable bonds is 5. The van der Waals surface area contributed by atoms with Crippen LogP contribution < -0.4 is 0 Å². The first-order chi connectivity index (χ1) is 13.0. The Hall–Kier alpha value is -2.70. The molecule has 2 aromatic carbocycles. The van der Waals surface area contributed by atoms with Gasteiger partial charge >= 0.3 is 0 Å². The minimum Gasteiger partial charge on any atom is -0.309 e. The van der Waals surface area contributed by atoms with E-state index in [0.29, 0.717) is 5.65 Å². The van der Waals surface area contributed by atoms with Gasteiger partial charge in [0.2, 0.25) is 0 Å². The molecule has 0 atom stereocenters. The number of benzene rings is 2. The standard InChI is InChI=1S/C21H21N3O2S/c1-23(2)13-11-18-15-24(21-20(18)8-5-12-22-21)27(25,26)19-10-9-16-6-3-4-7-17(16)14-19/h3-10,12,14-15H,11,13H2,1-2H3. The van der Waals surface area contributed by atoms with Crippen molar-refractivity contribution < 1.29 is 8.42 Å². The van der Waals surface area contributed by atoms with Gasteiger partial charge in [-0.1, -0.05) is 30.3 Å². The molecule has 4 aromatic rings. The van der Waals surface area contributed by atoms with Crippen molar-refractivity contribution in [3.8, 4) is 0 Å². The van der Waals surface area contributed by atoms with Gasteiger partial charge in [0, 0.05) is 24.3 Å². The van der Waals surface area contributed by atoms with Crippen LogP contribution in [0.15, 0.2) is 71.9 Å². The molecule has 0 spiro atoms. The predicted octanol–water partition coefficient (Wildman–Crippen LogP) is 3.53. The molecule has 5 nitrogen and oxygen atoms in total. The highest BCUT2D eigenvalue weighted by Gasteiger charge is 2.22. The maximum absolute atomic E-state index is 13.4. The molecule has 0 N–H and O–H groups in total. The SMILES string of the molecule is CN(C)CCc1cn(S(=O)(=O)c2ccc3ccccc3c2)c2ncccc12. The summed E-state index contributed by atoms with van der Waals surface area (Å²) in [5.41, 5.74) is 1.45. The largest absolute Gasteiger partial charge is 0.309 e. The molecule has 0 saturated carbocycles. The average molecular weight is 379 g/mol. The Morgan fingerprint density at radius 1 is 1.00 bits per heavy atom. The van der Waals surface area contributed by atoms with Gasteiger partial charge in [0.25, 0.3) is 10.0 Å². The zero-order chi connectivity index (χ0) is 19.0. The number of hydrogen-bond acceptors (Lipinski definition) is 4. The predicted molar refractivity (Wildman–Crippen MR) is 109 cm³/mol. The third-order valence-electron chi connectivity index (χ3n) is 4.72. The fraction of sp³-hybridized carbons (Fsp3) is 0.190. The van der Waals surface area contributed by atoms with Gasteiger partial charge in [-0.05, 0) is 61.1 Å². The molecule has 0 saturated heterocycles. The maximum Gasteiger partial charge on any atom is 0.269 e. The van der Waals surface area contributed by atoms with Crippen LogP contribution in [0.3, 0.4) is 0 Å². The lowest BCUT2D eigenvalue weighted by Crippen LogP contribution is -2.15. The maximum atomic E-state index is 13.4. The number of aromatic nitrogens is 2. The van der Waals surface area contributed by atoms with Crippen LogP contribution in [0, 0.1) is 0 Å². The zero-order valence-corrected chi connectivity index (χ0v) is 16.1. The van der Waals surface area contributed by atoms with Crippen molar-refractivity contribution in [3.63, 3.8) is 0 Å². The van der Waals surface area contributed by atoms with Gasteiger partial charge < -0.3 is 4.90 Å². The molecule has 138 valence electrons. The lowest BCUT2D eigenvalue weighted by molar-refractivity contribution is 0.414. The minimum absolute atomic E-state index is 0.267. The van der Waals surface area contributed by atoms with Crippen molar-refractivity contribution in [1.82, 2.24) is 13.9 Å². The lowest BCUT2D eigenvalue weighted by Gasteiger charge is -2.08. The van der Waals surface area contributed by atoms with E-state index in [4.69, 9.17) is 0 Å². The van der Waals surface area contributed by atoms with E-state index in [1.807, 2.05) is 56.6 Å². The molecule has 6 heteroatoms. The van der Waals surface area contributed by atoms with Crippen LogP contribution in [-0.2, 0) is 16.4 Å². The number of pyridine rings is 1. The number of nitrogens with zero attached hydrogens (tertiary/aromatic N) is 3. The van der Waals surface area contributed by atoms with E-state index in [9.17, 15) is 8.42 Å². The second-order valence-corrected chi connectivity index (χ2v) is 8.71. The van der Waals surface area contributed by atoms with E-state index < -0.39 is 10.0 Å². The monoisotopic (exact) mass is 379 g/mol. The summed E-state index contributed by atoms with van der Waals surface area (Å²) < 4.78 is 28.0. The van der Waals surface area contributed by atoms with E-state index in [0.717, 1.165) is 34.7 Å². The minimum atomic E-state index is -3.73. The first-order valence-corrected chi connectivity index (χ1v) is 10.2. The molecule has 0 fully saturated rings. The van der Waals surface area contributed by atoms with Gasteiger partial charge in [0.15, 0.2) is 5.65 Å².